The molecule has 0 aromatic heterocycles. The topological polar surface area (TPSA) is 77.4 Å². The third kappa shape index (κ3) is 24.8. The SMILES string of the molecule is COCOC.OCCOCCOCCO. The summed E-state index contributed by atoms with van der Waals surface area (Å²) in [6.07, 6.45) is 0. The summed E-state index contributed by atoms with van der Waals surface area (Å²) < 4.78 is 18.7. The first kappa shape index (κ1) is 17.2. The van der Waals surface area contributed by atoms with Gasteiger partial charge in [0.15, 0.2) is 0 Å². The van der Waals surface area contributed by atoms with E-state index in [0.717, 1.165) is 0 Å². The van der Waals surface area contributed by atoms with Gasteiger partial charge in [-0.2, -0.15) is 0 Å². The monoisotopic (exact) mass is 226 g/mol. The van der Waals surface area contributed by atoms with Crippen molar-refractivity contribution in [1.29, 1.82) is 0 Å². The molecule has 0 spiro atoms. The minimum atomic E-state index is 0.0417. The molecule has 0 radical (unpaired) electrons. The highest BCUT2D eigenvalue weighted by atomic mass is 16.6. The molecule has 0 saturated carbocycles. The number of hydrogen-bond donors (Lipinski definition) is 2. The van der Waals surface area contributed by atoms with Gasteiger partial charge in [0, 0.05) is 14.2 Å². The van der Waals surface area contributed by atoms with Gasteiger partial charge in [-0.25, -0.2) is 0 Å². The quantitative estimate of drug-likeness (QED) is 0.397. The molecule has 6 nitrogen and oxygen atoms in total. The van der Waals surface area contributed by atoms with Gasteiger partial charge in [0.25, 0.3) is 0 Å². The third-order valence-electron chi connectivity index (χ3n) is 1.08. The average Bonchev–Trinajstić information content (AvgIpc) is 2.25. The van der Waals surface area contributed by atoms with Crippen molar-refractivity contribution >= 4 is 0 Å². The standard InChI is InChI=1S/C6H14O4.C3H8O2/c7-1-3-9-5-6-10-4-2-8;1-4-3-5-2/h7-8H,1-6H2;3H2,1-2H3. The largest absolute Gasteiger partial charge is 0.394 e. The van der Waals surface area contributed by atoms with Gasteiger partial charge in [-0.05, 0) is 0 Å². The van der Waals surface area contributed by atoms with E-state index < -0.39 is 0 Å². The Kier molecular flexibility index (Phi) is 22.1. The van der Waals surface area contributed by atoms with Gasteiger partial charge < -0.3 is 29.2 Å². The minimum absolute atomic E-state index is 0.0417. The van der Waals surface area contributed by atoms with Crippen molar-refractivity contribution in [2.45, 2.75) is 0 Å². The summed E-state index contributed by atoms with van der Waals surface area (Å²) in [5.41, 5.74) is 0. The Labute approximate surface area is 90.7 Å². The van der Waals surface area contributed by atoms with Crippen LogP contribution in [0, 0.1) is 0 Å². The first-order valence-corrected chi connectivity index (χ1v) is 4.68. The molecule has 0 aliphatic rings. The maximum Gasteiger partial charge on any atom is 0.145 e. The zero-order valence-electron chi connectivity index (χ0n) is 9.48. The van der Waals surface area contributed by atoms with Gasteiger partial charge in [0.2, 0.25) is 0 Å². The molecular weight excluding hydrogens is 204 g/mol. The van der Waals surface area contributed by atoms with E-state index in [2.05, 4.69) is 9.47 Å². The number of rotatable bonds is 9. The summed E-state index contributed by atoms with van der Waals surface area (Å²) in [5.74, 6) is 0. The highest BCUT2D eigenvalue weighted by molar-refractivity contribution is 4.30. The van der Waals surface area contributed by atoms with Crippen LogP contribution in [-0.2, 0) is 18.9 Å². The molecule has 0 aromatic carbocycles. The minimum Gasteiger partial charge on any atom is -0.394 e. The lowest BCUT2D eigenvalue weighted by atomic mass is 10.7. The van der Waals surface area contributed by atoms with Crippen LogP contribution in [0.4, 0.5) is 0 Å². The number of ether oxygens (including phenoxy) is 4. The zero-order valence-corrected chi connectivity index (χ0v) is 9.48. The van der Waals surface area contributed by atoms with Crippen LogP contribution in [0.1, 0.15) is 0 Å². The molecule has 15 heavy (non-hydrogen) atoms. The Hall–Kier alpha value is -0.240. The summed E-state index contributed by atoms with van der Waals surface area (Å²) in [5, 5.41) is 16.5. The van der Waals surface area contributed by atoms with Crippen molar-refractivity contribution in [3.05, 3.63) is 0 Å². The summed E-state index contributed by atoms with van der Waals surface area (Å²) in [6.45, 7) is 2.12. The highest BCUT2D eigenvalue weighted by Crippen LogP contribution is 1.76. The van der Waals surface area contributed by atoms with Crippen LogP contribution in [-0.4, -0.2) is 70.9 Å². The van der Waals surface area contributed by atoms with Crippen molar-refractivity contribution in [3.8, 4) is 0 Å². The fourth-order valence-corrected chi connectivity index (χ4v) is 0.569. The number of aliphatic hydroxyl groups is 2. The summed E-state index contributed by atoms with van der Waals surface area (Å²) in [4.78, 5) is 0. The van der Waals surface area contributed by atoms with E-state index >= 15 is 0 Å². The van der Waals surface area contributed by atoms with Crippen LogP contribution in [0.5, 0.6) is 0 Å². The predicted molar refractivity (Wildman–Crippen MR) is 54.7 cm³/mol. The molecule has 0 bridgehead atoms. The molecular formula is C9H22O6. The number of aliphatic hydroxyl groups excluding tert-OH is 2. The van der Waals surface area contributed by atoms with Crippen molar-refractivity contribution in [2.75, 3.05) is 60.7 Å². The molecule has 0 aliphatic heterocycles. The van der Waals surface area contributed by atoms with E-state index in [-0.39, 0.29) is 13.2 Å². The van der Waals surface area contributed by atoms with E-state index in [4.69, 9.17) is 19.7 Å². The van der Waals surface area contributed by atoms with Gasteiger partial charge >= 0.3 is 0 Å². The van der Waals surface area contributed by atoms with E-state index in [1.54, 1.807) is 14.2 Å². The van der Waals surface area contributed by atoms with Crippen molar-refractivity contribution in [1.82, 2.24) is 0 Å². The Morgan fingerprint density at radius 2 is 1.13 bits per heavy atom. The molecule has 0 fully saturated rings. The van der Waals surface area contributed by atoms with Gasteiger partial charge in [0.05, 0.1) is 39.6 Å². The maximum absolute atomic E-state index is 8.26. The van der Waals surface area contributed by atoms with E-state index in [9.17, 15) is 0 Å². The van der Waals surface area contributed by atoms with E-state index in [1.165, 1.54) is 0 Å². The Morgan fingerprint density at radius 3 is 1.33 bits per heavy atom. The second kappa shape index (κ2) is 19.4. The molecule has 0 rings (SSSR count). The highest BCUT2D eigenvalue weighted by Gasteiger charge is 1.86. The van der Waals surface area contributed by atoms with E-state index in [0.29, 0.717) is 33.2 Å². The smallest absolute Gasteiger partial charge is 0.145 e. The summed E-state index contributed by atoms with van der Waals surface area (Å²) in [6, 6.07) is 0. The molecule has 0 atom stereocenters. The molecule has 6 heteroatoms. The van der Waals surface area contributed by atoms with Gasteiger partial charge in [-0.3, -0.25) is 0 Å². The summed E-state index contributed by atoms with van der Waals surface area (Å²) in [7, 11) is 3.17. The molecule has 2 N–H and O–H groups in total. The zero-order chi connectivity index (χ0) is 11.8. The summed E-state index contributed by atoms with van der Waals surface area (Å²) >= 11 is 0. The van der Waals surface area contributed by atoms with Crippen LogP contribution in [0.15, 0.2) is 0 Å². The van der Waals surface area contributed by atoms with Crippen LogP contribution >= 0.6 is 0 Å². The van der Waals surface area contributed by atoms with Gasteiger partial charge in [0.1, 0.15) is 6.79 Å². The first-order valence-electron chi connectivity index (χ1n) is 4.68. The van der Waals surface area contributed by atoms with Gasteiger partial charge in [-0.15, -0.1) is 0 Å². The molecule has 0 aromatic rings. The normalized spacial score (nSPS) is 9.60. The van der Waals surface area contributed by atoms with Crippen molar-refractivity contribution in [2.24, 2.45) is 0 Å². The Morgan fingerprint density at radius 1 is 0.733 bits per heavy atom. The first-order chi connectivity index (χ1) is 7.33. The molecule has 0 saturated heterocycles. The second-order valence-corrected chi connectivity index (χ2v) is 2.37. The lowest BCUT2D eigenvalue weighted by molar-refractivity contribution is -0.00271. The fraction of sp³-hybridized carbons (Fsp3) is 1.00. The lowest BCUT2D eigenvalue weighted by Gasteiger charge is -2.01. The van der Waals surface area contributed by atoms with Crippen LogP contribution in [0.2, 0.25) is 0 Å². The molecule has 0 amide bonds. The average molecular weight is 226 g/mol. The van der Waals surface area contributed by atoms with Crippen molar-refractivity contribution < 1.29 is 29.2 Å². The number of hydrogen-bond acceptors (Lipinski definition) is 6. The fourth-order valence-electron chi connectivity index (χ4n) is 0.569. The maximum atomic E-state index is 8.26. The van der Waals surface area contributed by atoms with Crippen LogP contribution in [0.25, 0.3) is 0 Å². The lowest BCUT2D eigenvalue weighted by Crippen LogP contribution is -2.09. The molecule has 94 valence electrons. The molecule has 0 aliphatic carbocycles. The Balaban J connectivity index is 0. The van der Waals surface area contributed by atoms with E-state index in [1.807, 2.05) is 0 Å². The molecule has 0 heterocycles. The van der Waals surface area contributed by atoms with Crippen molar-refractivity contribution in [3.63, 3.8) is 0 Å². The van der Waals surface area contributed by atoms with Crippen LogP contribution in [0.3, 0.4) is 0 Å². The third-order valence-corrected chi connectivity index (χ3v) is 1.08. The Bertz CT molecular complexity index is 80.7. The number of methoxy groups -OCH3 is 2. The predicted octanol–water partition coefficient (Wildman–Crippen LogP) is -0.759. The molecule has 0 unspecified atom stereocenters. The second-order valence-electron chi connectivity index (χ2n) is 2.37. The van der Waals surface area contributed by atoms with Gasteiger partial charge in [-0.1, -0.05) is 0 Å². The van der Waals surface area contributed by atoms with Crippen LogP contribution < -0.4 is 0 Å².